The van der Waals surface area contributed by atoms with Crippen molar-refractivity contribution in [3.63, 3.8) is 0 Å². The zero-order valence-electron chi connectivity index (χ0n) is 11.7. The van der Waals surface area contributed by atoms with Crippen molar-refractivity contribution in [2.75, 3.05) is 5.75 Å². The van der Waals surface area contributed by atoms with E-state index in [1.54, 1.807) is 6.92 Å². The number of ketones is 1. The number of hydrogen-bond acceptors (Lipinski definition) is 5. The Hall–Kier alpha value is -0.100. The van der Waals surface area contributed by atoms with E-state index in [1.165, 1.54) is 0 Å². The van der Waals surface area contributed by atoms with Crippen LogP contribution in [0, 0.1) is 11.8 Å². The van der Waals surface area contributed by atoms with Crippen molar-refractivity contribution in [2.45, 2.75) is 63.0 Å². The number of thioether (sulfide) groups is 1. The van der Waals surface area contributed by atoms with Crippen molar-refractivity contribution >= 4 is 17.5 Å². The molecule has 0 aromatic carbocycles. The van der Waals surface area contributed by atoms with Crippen LogP contribution >= 0.6 is 11.8 Å². The lowest BCUT2D eigenvalue weighted by molar-refractivity contribution is -0.266. The Balaban J connectivity index is 1.79. The molecule has 4 nitrogen and oxygen atoms in total. The number of ether oxygens (including phenoxy) is 2. The van der Waals surface area contributed by atoms with Gasteiger partial charge in [-0.25, -0.2) is 0 Å². The van der Waals surface area contributed by atoms with Crippen molar-refractivity contribution in [1.29, 1.82) is 0 Å². The molecule has 3 rings (SSSR count). The molecular formula is C14H22O4S. The molecule has 2 saturated heterocycles. The van der Waals surface area contributed by atoms with Crippen LogP contribution in [0.4, 0.5) is 0 Å². The smallest absolute Gasteiger partial charge is 0.198 e. The van der Waals surface area contributed by atoms with Crippen molar-refractivity contribution in [1.82, 2.24) is 0 Å². The third-order valence-electron chi connectivity index (χ3n) is 4.95. The fourth-order valence-electron chi connectivity index (χ4n) is 3.35. The van der Waals surface area contributed by atoms with Crippen LogP contribution in [-0.2, 0) is 14.3 Å². The largest absolute Gasteiger partial charge is 0.363 e. The summed E-state index contributed by atoms with van der Waals surface area (Å²) in [5.74, 6) is -0.185. The maximum Gasteiger partial charge on any atom is 0.198 e. The van der Waals surface area contributed by atoms with Gasteiger partial charge in [0.05, 0.1) is 0 Å². The van der Waals surface area contributed by atoms with E-state index in [4.69, 9.17) is 9.47 Å². The fourth-order valence-corrected chi connectivity index (χ4v) is 4.53. The summed E-state index contributed by atoms with van der Waals surface area (Å²) < 4.78 is 11.6. The number of Topliss-reactive ketones (excluding diaryl/α,β-unsaturated/α-hetero) is 1. The average Bonchev–Trinajstić information content (AvgIpc) is 2.51. The molecule has 1 N–H and O–H groups in total. The molecule has 0 radical (unpaired) electrons. The summed E-state index contributed by atoms with van der Waals surface area (Å²) in [5.41, 5.74) is -0.846. The predicted octanol–water partition coefficient (Wildman–Crippen LogP) is 1.95. The highest BCUT2D eigenvalue weighted by molar-refractivity contribution is 7.99. The van der Waals surface area contributed by atoms with Gasteiger partial charge in [-0.1, -0.05) is 13.8 Å². The van der Waals surface area contributed by atoms with Gasteiger partial charge in [0.2, 0.25) is 0 Å². The van der Waals surface area contributed by atoms with Gasteiger partial charge in [-0.05, 0) is 13.3 Å². The quantitative estimate of drug-likeness (QED) is 0.856. The highest BCUT2D eigenvalue weighted by Gasteiger charge is 2.69. The lowest BCUT2D eigenvalue weighted by atomic mass is 9.70. The van der Waals surface area contributed by atoms with Gasteiger partial charge >= 0.3 is 0 Å². The average molecular weight is 286 g/mol. The highest BCUT2D eigenvalue weighted by atomic mass is 32.2. The van der Waals surface area contributed by atoms with Gasteiger partial charge in [-0.2, -0.15) is 11.8 Å². The molecule has 3 aliphatic rings. The molecule has 0 amide bonds. The molecule has 2 aliphatic heterocycles. The van der Waals surface area contributed by atoms with E-state index in [9.17, 15) is 9.90 Å². The Morgan fingerprint density at radius 2 is 2.26 bits per heavy atom. The molecule has 6 atom stereocenters. The molecule has 3 fully saturated rings. The Morgan fingerprint density at radius 3 is 2.95 bits per heavy atom. The van der Waals surface area contributed by atoms with Gasteiger partial charge in [0.25, 0.3) is 0 Å². The molecule has 2 unspecified atom stereocenters. The minimum atomic E-state index is -1.26. The van der Waals surface area contributed by atoms with Gasteiger partial charge in [0, 0.05) is 35.7 Å². The fraction of sp³-hybridized carbons (Fsp3) is 0.929. The van der Waals surface area contributed by atoms with Crippen LogP contribution in [0.5, 0.6) is 0 Å². The van der Waals surface area contributed by atoms with Crippen LogP contribution in [0.3, 0.4) is 0 Å². The summed E-state index contributed by atoms with van der Waals surface area (Å²) in [5, 5.41) is 11.1. The van der Waals surface area contributed by atoms with E-state index < -0.39 is 17.7 Å². The molecular weight excluding hydrogens is 264 g/mol. The van der Waals surface area contributed by atoms with Crippen molar-refractivity contribution in [2.24, 2.45) is 11.8 Å². The van der Waals surface area contributed by atoms with Crippen molar-refractivity contribution in [3.05, 3.63) is 0 Å². The molecule has 108 valence electrons. The monoisotopic (exact) mass is 286 g/mol. The molecule has 3 bridgehead atoms. The first-order valence-corrected chi connectivity index (χ1v) is 8.16. The molecule has 0 spiro atoms. The topological polar surface area (TPSA) is 55.8 Å². The lowest BCUT2D eigenvalue weighted by Crippen LogP contribution is -2.59. The third-order valence-corrected chi connectivity index (χ3v) is 6.43. The zero-order valence-corrected chi connectivity index (χ0v) is 12.5. The van der Waals surface area contributed by atoms with Crippen LogP contribution in [0.2, 0.25) is 0 Å². The molecule has 2 heterocycles. The second kappa shape index (κ2) is 4.45. The normalized spacial score (nSPS) is 49.7. The summed E-state index contributed by atoms with van der Waals surface area (Å²) >= 11 is 1.86. The zero-order chi connectivity index (χ0) is 13.8. The van der Waals surface area contributed by atoms with Crippen molar-refractivity contribution < 1.29 is 19.4 Å². The lowest BCUT2D eigenvalue weighted by Gasteiger charge is -2.45. The van der Waals surface area contributed by atoms with E-state index in [1.807, 2.05) is 11.8 Å². The summed E-state index contributed by atoms with van der Waals surface area (Å²) in [6.07, 6.45) is 1.36. The van der Waals surface area contributed by atoms with Crippen LogP contribution in [0.15, 0.2) is 0 Å². The summed E-state index contributed by atoms with van der Waals surface area (Å²) in [4.78, 5) is 12.3. The Morgan fingerprint density at radius 1 is 1.53 bits per heavy atom. The minimum Gasteiger partial charge on any atom is -0.363 e. The minimum absolute atomic E-state index is 0.0797. The predicted molar refractivity (Wildman–Crippen MR) is 72.7 cm³/mol. The van der Waals surface area contributed by atoms with Gasteiger partial charge in [0.1, 0.15) is 11.4 Å². The number of aliphatic hydroxyl groups is 1. The van der Waals surface area contributed by atoms with E-state index in [-0.39, 0.29) is 24.0 Å². The van der Waals surface area contributed by atoms with Crippen LogP contribution < -0.4 is 0 Å². The second-order valence-electron chi connectivity index (χ2n) is 6.29. The first kappa shape index (κ1) is 13.9. The van der Waals surface area contributed by atoms with E-state index in [2.05, 4.69) is 13.8 Å². The first-order chi connectivity index (χ1) is 8.88. The van der Waals surface area contributed by atoms with Gasteiger partial charge < -0.3 is 14.6 Å². The number of hydrogen-bond donors (Lipinski definition) is 1. The van der Waals surface area contributed by atoms with Crippen LogP contribution in [-0.4, -0.2) is 39.6 Å². The molecule has 0 aromatic heterocycles. The summed E-state index contributed by atoms with van der Waals surface area (Å²) in [6.45, 7) is 6.16. The molecule has 19 heavy (non-hydrogen) atoms. The second-order valence-corrected chi connectivity index (χ2v) is 7.76. The van der Waals surface area contributed by atoms with E-state index in [0.717, 1.165) is 12.2 Å². The third kappa shape index (κ3) is 1.97. The summed E-state index contributed by atoms with van der Waals surface area (Å²) in [7, 11) is 0. The number of carbonyl (C=O) groups excluding carboxylic acids is 1. The molecule has 5 heteroatoms. The number of fused-ring (bicyclic) bond motifs is 2. The molecule has 1 aliphatic carbocycles. The van der Waals surface area contributed by atoms with Crippen LogP contribution in [0.1, 0.15) is 40.0 Å². The Kier molecular flexibility index (Phi) is 3.25. The Bertz CT molecular complexity index is 401. The van der Waals surface area contributed by atoms with Gasteiger partial charge in [-0.15, -0.1) is 0 Å². The SMILES string of the molecule is CCC(C)SCC1[C@H]2O[C@@]3(C)CC(=O)[C@@H]1C[C@]3(O)O2. The standard InChI is InChI=1S/C14H22O4S/c1-4-8(2)19-7-10-9-5-14(16)13(3,6-11(9)15)17-12(10)18-14/h8-10,12,16H,4-7H2,1-3H3/t8?,9-,10?,12+,13+,14+/m1/s1. The summed E-state index contributed by atoms with van der Waals surface area (Å²) in [6, 6.07) is 0. The molecule has 0 aromatic rings. The highest BCUT2D eigenvalue weighted by Crippen LogP contribution is 2.56. The van der Waals surface area contributed by atoms with Gasteiger partial charge in [-0.3, -0.25) is 4.79 Å². The molecule has 1 saturated carbocycles. The Labute approximate surface area is 118 Å². The number of carbonyl (C=O) groups is 1. The maximum absolute atomic E-state index is 12.3. The van der Waals surface area contributed by atoms with E-state index in [0.29, 0.717) is 11.7 Å². The first-order valence-electron chi connectivity index (χ1n) is 7.11. The van der Waals surface area contributed by atoms with Crippen molar-refractivity contribution in [3.8, 4) is 0 Å². The van der Waals surface area contributed by atoms with Crippen LogP contribution in [0.25, 0.3) is 0 Å². The maximum atomic E-state index is 12.3. The number of rotatable bonds is 4. The van der Waals surface area contributed by atoms with Gasteiger partial charge in [0.15, 0.2) is 12.1 Å². The van der Waals surface area contributed by atoms with E-state index >= 15 is 0 Å².